The van der Waals surface area contributed by atoms with Crippen LogP contribution < -0.4 is 11.1 Å². The summed E-state index contributed by atoms with van der Waals surface area (Å²) in [4.78, 5) is 14.5. The monoisotopic (exact) mass is 347 g/mol. The smallest absolute Gasteiger partial charge is 0.244 e. The van der Waals surface area contributed by atoms with Crippen molar-refractivity contribution in [1.82, 2.24) is 4.90 Å². The lowest BCUT2D eigenvalue weighted by molar-refractivity contribution is -0.121. The van der Waals surface area contributed by atoms with Crippen molar-refractivity contribution in [2.75, 3.05) is 19.4 Å². The normalized spacial score (nSPS) is 15.9. The molecule has 1 saturated carbocycles. The van der Waals surface area contributed by atoms with Crippen molar-refractivity contribution in [3.63, 3.8) is 0 Å². The zero-order chi connectivity index (χ0) is 14.8. The Morgan fingerprint density at radius 1 is 1.27 bits per heavy atom. The first kappa shape index (κ1) is 21.2. The van der Waals surface area contributed by atoms with Gasteiger partial charge in [0.05, 0.1) is 5.54 Å². The molecule has 4 nitrogen and oxygen atoms in total. The summed E-state index contributed by atoms with van der Waals surface area (Å²) in [6, 6.07) is 6.19. The van der Waals surface area contributed by atoms with Crippen LogP contribution in [-0.2, 0) is 11.3 Å². The first-order valence-corrected chi connectivity index (χ1v) is 7.25. The van der Waals surface area contributed by atoms with Gasteiger partial charge in [0.15, 0.2) is 0 Å². The van der Waals surface area contributed by atoms with Crippen molar-refractivity contribution < 1.29 is 4.79 Å². The second kappa shape index (κ2) is 8.73. The molecule has 1 amide bonds. The zero-order valence-corrected chi connectivity index (χ0v) is 15.1. The van der Waals surface area contributed by atoms with Crippen LogP contribution in [0.5, 0.6) is 0 Å². The maximum Gasteiger partial charge on any atom is 0.244 e. The molecule has 1 aliphatic rings. The summed E-state index contributed by atoms with van der Waals surface area (Å²) in [5.41, 5.74) is 8.66. The third-order valence-corrected chi connectivity index (χ3v) is 4.00. The van der Waals surface area contributed by atoms with E-state index in [0.29, 0.717) is 0 Å². The van der Waals surface area contributed by atoms with Gasteiger partial charge < -0.3 is 16.0 Å². The number of amides is 1. The topological polar surface area (TPSA) is 58.4 Å². The highest BCUT2D eigenvalue weighted by Crippen LogP contribution is 2.29. The van der Waals surface area contributed by atoms with E-state index in [-0.39, 0.29) is 30.7 Å². The molecule has 0 aromatic heterocycles. The summed E-state index contributed by atoms with van der Waals surface area (Å²) in [6.45, 7) is 2.86. The van der Waals surface area contributed by atoms with Gasteiger partial charge in [-0.2, -0.15) is 0 Å². The Labute approximate surface area is 145 Å². The molecule has 1 fully saturated rings. The molecule has 2 rings (SSSR count). The molecule has 0 spiro atoms. The van der Waals surface area contributed by atoms with E-state index in [4.69, 9.17) is 5.73 Å². The van der Waals surface area contributed by atoms with Crippen molar-refractivity contribution in [3.05, 3.63) is 29.3 Å². The number of carbonyl (C=O) groups excluding carboxylic acids is 1. The number of anilines is 1. The minimum absolute atomic E-state index is 0. The number of carbonyl (C=O) groups is 1. The average Bonchev–Trinajstić information content (AvgIpc) is 2.81. The number of benzene rings is 1. The summed E-state index contributed by atoms with van der Waals surface area (Å²) >= 11 is 0. The second-order valence-corrected chi connectivity index (χ2v) is 6.20. The quantitative estimate of drug-likeness (QED) is 0.879. The Bertz CT molecular complexity index is 500. The SMILES string of the molecule is Cc1ccc(CN(C)C)cc1NC(=O)C1(N)CCCC1.Cl.Cl. The maximum absolute atomic E-state index is 12.4. The number of halogens is 2. The number of nitrogens with zero attached hydrogens (tertiary/aromatic N) is 1. The van der Waals surface area contributed by atoms with Gasteiger partial charge >= 0.3 is 0 Å². The van der Waals surface area contributed by atoms with Gasteiger partial charge in [0.2, 0.25) is 5.91 Å². The van der Waals surface area contributed by atoms with E-state index in [9.17, 15) is 4.79 Å². The Hall–Kier alpha value is -0.810. The lowest BCUT2D eigenvalue weighted by atomic mass is 9.97. The number of hydrogen-bond donors (Lipinski definition) is 2. The van der Waals surface area contributed by atoms with Gasteiger partial charge in [0.1, 0.15) is 0 Å². The van der Waals surface area contributed by atoms with Crippen molar-refractivity contribution in [3.8, 4) is 0 Å². The van der Waals surface area contributed by atoms with Crippen LogP contribution in [-0.4, -0.2) is 30.4 Å². The standard InChI is InChI=1S/C16H25N3O.2ClH/c1-12-6-7-13(11-19(2)3)10-14(12)18-15(20)16(17)8-4-5-9-16;;/h6-7,10H,4-5,8-9,11,17H2,1-3H3,(H,18,20);2*1H. The molecule has 0 unspecified atom stereocenters. The number of nitrogens with two attached hydrogens (primary N) is 1. The molecule has 6 heteroatoms. The van der Waals surface area contributed by atoms with Gasteiger partial charge in [-0.1, -0.05) is 25.0 Å². The fourth-order valence-corrected chi connectivity index (χ4v) is 2.75. The number of hydrogen-bond acceptors (Lipinski definition) is 3. The molecular formula is C16H27Cl2N3O. The van der Waals surface area contributed by atoms with Crippen LogP contribution in [0.1, 0.15) is 36.8 Å². The molecular weight excluding hydrogens is 321 g/mol. The molecule has 0 radical (unpaired) electrons. The minimum Gasteiger partial charge on any atom is -0.324 e. The van der Waals surface area contributed by atoms with Gasteiger partial charge in [-0.3, -0.25) is 4.79 Å². The zero-order valence-electron chi connectivity index (χ0n) is 13.5. The molecule has 1 aromatic carbocycles. The van der Waals surface area contributed by atoms with Crippen LogP contribution in [0.2, 0.25) is 0 Å². The molecule has 1 aliphatic carbocycles. The summed E-state index contributed by atoms with van der Waals surface area (Å²) in [6.07, 6.45) is 3.66. The van der Waals surface area contributed by atoms with Crippen LogP contribution >= 0.6 is 24.8 Å². The molecule has 0 bridgehead atoms. The van der Waals surface area contributed by atoms with Crippen LogP contribution in [0.15, 0.2) is 18.2 Å². The van der Waals surface area contributed by atoms with Gasteiger partial charge in [-0.25, -0.2) is 0 Å². The van der Waals surface area contributed by atoms with Gasteiger partial charge in [-0.15, -0.1) is 24.8 Å². The van der Waals surface area contributed by atoms with Gasteiger partial charge in [0.25, 0.3) is 0 Å². The van der Waals surface area contributed by atoms with Gasteiger partial charge in [0, 0.05) is 12.2 Å². The lowest BCUT2D eigenvalue weighted by Crippen LogP contribution is -2.48. The number of aryl methyl sites for hydroxylation is 1. The van der Waals surface area contributed by atoms with Crippen LogP contribution in [0.25, 0.3) is 0 Å². The van der Waals surface area contributed by atoms with Gasteiger partial charge in [-0.05, 0) is 51.1 Å². The van der Waals surface area contributed by atoms with E-state index in [1.807, 2.05) is 33.2 Å². The molecule has 1 aromatic rings. The molecule has 0 saturated heterocycles. The Morgan fingerprint density at radius 2 is 1.86 bits per heavy atom. The van der Waals surface area contributed by atoms with E-state index in [0.717, 1.165) is 43.5 Å². The molecule has 126 valence electrons. The summed E-state index contributed by atoms with van der Waals surface area (Å²) < 4.78 is 0. The van der Waals surface area contributed by atoms with E-state index in [2.05, 4.69) is 16.3 Å². The Morgan fingerprint density at radius 3 is 2.41 bits per heavy atom. The number of rotatable bonds is 4. The molecule has 3 N–H and O–H groups in total. The molecule has 0 heterocycles. The van der Waals surface area contributed by atoms with Crippen LogP contribution in [0, 0.1) is 6.92 Å². The van der Waals surface area contributed by atoms with Crippen molar-refractivity contribution in [2.24, 2.45) is 5.73 Å². The average molecular weight is 348 g/mol. The van der Waals surface area contributed by atoms with Crippen molar-refractivity contribution in [2.45, 2.75) is 44.7 Å². The largest absolute Gasteiger partial charge is 0.324 e. The number of nitrogens with one attached hydrogen (secondary N) is 1. The first-order valence-electron chi connectivity index (χ1n) is 7.25. The van der Waals surface area contributed by atoms with E-state index in [1.165, 1.54) is 5.56 Å². The summed E-state index contributed by atoms with van der Waals surface area (Å²) in [5, 5.41) is 3.02. The predicted octanol–water partition coefficient (Wildman–Crippen LogP) is 3.11. The molecule has 22 heavy (non-hydrogen) atoms. The van der Waals surface area contributed by atoms with Crippen LogP contribution in [0.4, 0.5) is 5.69 Å². The first-order chi connectivity index (χ1) is 9.40. The fraction of sp³-hybridized carbons (Fsp3) is 0.562. The fourth-order valence-electron chi connectivity index (χ4n) is 2.75. The summed E-state index contributed by atoms with van der Waals surface area (Å²) in [7, 11) is 4.07. The predicted molar refractivity (Wildman–Crippen MR) is 97.1 cm³/mol. The Kier molecular flexibility index (Phi) is 8.40. The molecule has 0 aliphatic heterocycles. The van der Waals surface area contributed by atoms with Crippen LogP contribution in [0.3, 0.4) is 0 Å². The third kappa shape index (κ3) is 5.13. The lowest BCUT2D eigenvalue weighted by Gasteiger charge is -2.23. The van der Waals surface area contributed by atoms with E-state index >= 15 is 0 Å². The van der Waals surface area contributed by atoms with Crippen molar-refractivity contribution in [1.29, 1.82) is 0 Å². The third-order valence-electron chi connectivity index (χ3n) is 4.00. The highest BCUT2D eigenvalue weighted by Gasteiger charge is 2.37. The second-order valence-electron chi connectivity index (χ2n) is 6.20. The maximum atomic E-state index is 12.4. The highest BCUT2D eigenvalue weighted by atomic mass is 35.5. The molecule has 0 atom stereocenters. The minimum atomic E-state index is -0.677. The highest BCUT2D eigenvalue weighted by molar-refractivity contribution is 5.98. The Balaban J connectivity index is 0.00000220. The summed E-state index contributed by atoms with van der Waals surface area (Å²) in [5.74, 6) is -0.0416. The van der Waals surface area contributed by atoms with E-state index < -0.39 is 5.54 Å². The van der Waals surface area contributed by atoms with Crippen molar-refractivity contribution >= 4 is 36.4 Å². The van der Waals surface area contributed by atoms with E-state index in [1.54, 1.807) is 0 Å².